The van der Waals surface area contributed by atoms with Crippen molar-refractivity contribution in [2.45, 2.75) is 5.41 Å². The number of hydrogen-bond donors (Lipinski definition) is 0. The Hall–Kier alpha value is -7.82. The van der Waals surface area contributed by atoms with E-state index in [4.69, 9.17) is 0 Å². The predicted molar refractivity (Wildman–Crippen MR) is 247 cm³/mol. The Morgan fingerprint density at radius 2 is 0.803 bits per heavy atom. The molecule has 2 aliphatic carbocycles. The van der Waals surface area contributed by atoms with Crippen molar-refractivity contribution in [1.82, 2.24) is 0 Å². The van der Waals surface area contributed by atoms with Crippen molar-refractivity contribution >= 4 is 55.7 Å². The fourth-order valence-corrected chi connectivity index (χ4v) is 10.2. The van der Waals surface area contributed by atoms with Crippen LogP contribution in [0.4, 0.5) is 42.9 Å². The van der Waals surface area contributed by atoms with Crippen LogP contribution in [0.1, 0.15) is 22.3 Å². The van der Waals surface area contributed by atoms with E-state index in [0.717, 1.165) is 44.3 Å². The maximum Gasteiger partial charge on any atom is 0.147 e. The van der Waals surface area contributed by atoms with E-state index in [0.29, 0.717) is 11.4 Å². The summed E-state index contributed by atoms with van der Waals surface area (Å²) in [6, 6.07) is 73.8. The topological polar surface area (TPSA) is 6.48 Å². The van der Waals surface area contributed by atoms with E-state index in [1.165, 1.54) is 56.6 Å². The minimum Gasteiger partial charge on any atom is -0.308 e. The molecule has 0 amide bonds. The second-order valence-corrected chi connectivity index (χ2v) is 15.9. The molecule has 61 heavy (non-hydrogen) atoms. The smallest absolute Gasteiger partial charge is 0.147 e. The Kier molecular flexibility index (Phi) is 7.85. The van der Waals surface area contributed by atoms with Crippen LogP contribution in [0.3, 0.4) is 0 Å². The van der Waals surface area contributed by atoms with Gasteiger partial charge in [0, 0.05) is 22.7 Å². The van der Waals surface area contributed by atoms with Crippen LogP contribution in [-0.4, -0.2) is 0 Å². The largest absolute Gasteiger partial charge is 0.308 e. The maximum absolute atomic E-state index is 15.7. The molecule has 12 rings (SSSR count). The summed E-state index contributed by atoms with van der Waals surface area (Å²) in [7, 11) is 0. The average Bonchev–Trinajstić information content (AvgIpc) is 3.77. The van der Waals surface area contributed by atoms with Gasteiger partial charge in [-0.05, 0) is 151 Å². The fourth-order valence-electron chi connectivity index (χ4n) is 10.2. The minimum atomic E-state index is -0.627. The first kappa shape index (κ1) is 35.2. The van der Waals surface area contributed by atoms with Gasteiger partial charge in [0.1, 0.15) is 11.6 Å². The molecule has 0 saturated carbocycles. The van der Waals surface area contributed by atoms with Crippen LogP contribution in [-0.2, 0) is 5.41 Å². The van der Waals surface area contributed by atoms with Crippen LogP contribution in [0, 0.1) is 11.6 Å². The zero-order chi connectivity index (χ0) is 40.7. The standard InChI is InChI=1S/C57H36F2N2/c58-52-23-11-13-25-54(52)60(40-15-3-1-4-16-40)42-29-27-37-35-48-47-31-28-38-33-43(61(41-17-5-2-6-18-41)55-26-14-12-24-53(55)59)30-32-44(38)56(47)57(51(48)36-39(37)34-42)49-21-9-7-19-45(49)46-20-8-10-22-50(46)57/h1-36H. The van der Waals surface area contributed by atoms with Crippen molar-refractivity contribution in [3.05, 3.63) is 252 Å². The van der Waals surface area contributed by atoms with Gasteiger partial charge in [-0.2, -0.15) is 0 Å². The van der Waals surface area contributed by atoms with Gasteiger partial charge in [-0.1, -0.05) is 133 Å². The van der Waals surface area contributed by atoms with Crippen molar-refractivity contribution in [3.63, 3.8) is 0 Å². The molecule has 2 nitrogen and oxygen atoms in total. The van der Waals surface area contributed by atoms with Crippen LogP contribution >= 0.6 is 0 Å². The lowest BCUT2D eigenvalue weighted by Gasteiger charge is -2.32. The van der Waals surface area contributed by atoms with Crippen molar-refractivity contribution in [3.8, 4) is 22.3 Å². The lowest BCUT2D eigenvalue weighted by molar-refractivity contribution is 0.628. The second-order valence-electron chi connectivity index (χ2n) is 15.9. The van der Waals surface area contributed by atoms with Crippen LogP contribution < -0.4 is 9.80 Å². The molecular formula is C57H36F2N2. The molecule has 0 saturated heterocycles. The van der Waals surface area contributed by atoms with Crippen molar-refractivity contribution < 1.29 is 8.78 Å². The molecule has 0 aromatic heterocycles. The van der Waals surface area contributed by atoms with Gasteiger partial charge in [0.05, 0.1) is 16.8 Å². The Morgan fingerprint density at radius 3 is 1.39 bits per heavy atom. The fraction of sp³-hybridized carbons (Fsp3) is 0.0175. The first-order valence-electron chi connectivity index (χ1n) is 20.6. The number of para-hydroxylation sites is 4. The SMILES string of the molecule is Fc1ccccc1N(c1ccccc1)c1ccc2cc3c(cc2c1)C1(c2ccccc2-c2ccccc21)c1c-3ccc2cc(N(c3ccccc3)c3ccccc3F)ccc12. The number of hydrogen-bond acceptors (Lipinski definition) is 2. The third-order valence-electron chi connectivity index (χ3n) is 12.7. The monoisotopic (exact) mass is 786 g/mol. The van der Waals surface area contributed by atoms with Gasteiger partial charge in [-0.15, -0.1) is 0 Å². The third-order valence-corrected chi connectivity index (χ3v) is 12.7. The third kappa shape index (κ3) is 5.19. The predicted octanol–water partition coefficient (Wildman–Crippen LogP) is 15.6. The van der Waals surface area contributed by atoms with E-state index in [9.17, 15) is 0 Å². The van der Waals surface area contributed by atoms with Crippen LogP contribution in [0.25, 0.3) is 43.8 Å². The van der Waals surface area contributed by atoms with Gasteiger partial charge in [-0.3, -0.25) is 0 Å². The molecule has 0 bridgehead atoms. The molecule has 0 N–H and O–H groups in total. The highest BCUT2D eigenvalue weighted by Gasteiger charge is 2.52. The highest BCUT2D eigenvalue weighted by molar-refractivity contribution is 6.07. The van der Waals surface area contributed by atoms with E-state index in [1.807, 2.05) is 94.7 Å². The van der Waals surface area contributed by atoms with E-state index in [1.54, 1.807) is 12.1 Å². The Morgan fingerprint density at radius 1 is 0.311 bits per heavy atom. The summed E-state index contributed by atoms with van der Waals surface area (Å²) in [6.45, 7) is 0. The zero-order valence-electron chi connectivity index (χ0n) is 32.9. The van der Waals surface area contributed by atoms with Gasteiger partial charge in [-0.25, -0.2) is 8.78 Å². The molecule has 1 spiro atoms. The molecule has 0 radical (unpaired) electrons. The van der Waals surface area contributed by atoms with Gasteiger partial charge >= 0.3 is 0 Å². The number of benzene rings is 10. The molecule has 10 aromatic rings. The van der Waals surface area contributed by atoms with Crippen molar-refractivity contribution in [1.29, 1.82) is 0 Å². The van der Waals surface area contributed by atoms with Crippen molar-refractivity contribution in [2.75, 3.05) is 9.80 Å². The molecule has 2 aliphatic rings. The summed E-state index contributed by atoms with van der Waals surface area (Å²) in [4.78, 5) is 3.99. The maximum atomic E-state index is 15.7. The van der Waals surface area contributed by atoms with E-state index >= 15 is 8.78 Å². The number of fused-ring (bicyclic) bond motifs is 13. The highest BCUT2D eigenvalue weighted by Crippen LogP contribution is 2.64. The van der Waals surface area contributed by atoms with Crippen molar-refractivity contribution in [2.24, 2.45) is 0 Å². The molecule has 0 fully saturated rings. The van der Waals surface area contributed by atoms with Crippen LogP contribution in [0.15, 0.2) is 218 Å². The quantitative estimate of drug-likeness (QED) is 0.166. The number of anilines is 6. The Labute approximate surface area is 352 Å². The number of halogens is 2. The van der Waals surface area contributed by atoms with Gasteiger partial charge in [0.15, 0.2) is 0 Å². The summed E-state index contributed by atoms with van der Waals surface area (Å²) < 4.78 is 31.3. The number of nitrogens with zero attached hydrogens (tertiary/aromatic N) is 2. The molecule has 4 heteroatoms. The molecule has 288 valence electrons. The lowest BCUT2D eigenvalue weighted by atomic mass is 9.69. The zero-order valence-corrected chi connectivity index (χ0v) is 32.9. The molecule has 0 unspecified atom stereocenters. The summed E-state index contributed by atoms with van der Waals surface area (Å²) in [5, 5.41) is 4.38. The normalized spacial score (nSPS) is 12.9. The summed E-state index contributed by atoms with van der Waals surface area (Å²) >= 11 is 0. The van der Waals surface area contributed by atoms with E-state index in [2.05, 4.69) is 109 Å². The van der Waals surface area contributed by atoms with Gasteiger partial charge in [0.25, 0.3) is 0 Å². The number of rotatable bonds is 6. The molecule has 0 aliphatic heterocycles. The molecule has 0 heterocycles. The Balaban J connectivity index is 1.11. The van der Waals surface area contributed by atoms with Crippen LogP contribution in [0.5, 0.6) is 0 Å². The second kappa shape index (κ2) is 13.6. The average molecular weight is 787 g/mol. The van der Waals surface area contributed by atoms with Gasteiger partial charge in [0.2, 0.25) is 0 Å². The van der Waals surface area contributed by atoms with Gasteiger partial charge < -0.3 is 9.80 Å². The van der Waals surface area contributed by atoms with Crippen LogP contribution in [0.2, 0.25) is 0 Å². The van der Waals surface area contributed by atoms with E-state index in [-0.39, 0.29) is 11.6 Å². The molecule has 10 aromatic carbocycles. The lowest BCUT2D eigenvalue weighted by Crippen LogP contribution is -2.26. The highest BCUT2D eigenvalue weighted by atomic mass is 19.1. The first-order chi connectivity index (χ1) is 30.1. The first-order valence-corrected chi connectivity index (χ1v) is 20.6. The summed E-state index contributed by atoms with van der Waals surface area (Å²) in [5.41, 5.74) is 13.6. The minimum absolute atomic E-state index is 0.287. The summed E-state index contributed by atoms with van der Waals surface area (Å²) in [5.74, 6) is -0.574. The summed E-state index contributed by atoms with van der Waals surface area (Å²) in [6.07, 6.45) is 0. The molecular weight excluding hydrogens is 751 g/mol. The molecule has 0 atom stereocenters. The Bertz CT molecular complexity index is 3310. The van der Waals surface area contributed by atoms with E-state index < -0.39 is 5.41 Å².